The van der Waals surface area contributed by atoms with Crippen LogP contribution in [0.15, 0.2) is 84.4 Å². The molecule has 0 radical (unpaired) electrons. The zero-order valence-electron chi connectivity index (χ0n) is 25.0. The van der Waals surface area contributed by atoms with E-state index in [2.05, 4.69) is 39.5 Å². The molecule has 6 rings (SSSR count). The van der Waals surface area contributed by atoms with Gasteiger partial charge in [-0.1, -0.05) is 48.5 Å². The number of amides is 3. The van der Waals surface area contributed by atoms with E-state index in [1.807, 2.05) is 69.3 Å². The molecular formula is C34H35N5O4S. The van der Waals surface area contributed by atoms with E-state index in [0.717, 1.165) is 41.0 Å². The van der Waals surface area contributed by atoms with Crippen LogP contribution in [0.1, 0.15) is 48.3 Å². The molecule has 0 spiro atoms. The van der Waals surface area contributed by atoms with Crippen LogP contribution < -0.4 is 10.2 Å². The monoisotopic (exact) mass is 609 g/mol. The molecule has 1 N–H and O–H groups in total. The van der Waals surface area contributed by atoms with Gasteiger partial charge in [0.2, 0.25) is 0 Å². The standard InChI is InChI=1S/C34H35N5O4S/c1-34(2,3)43-33(42)38-18-16-37(17-19-38)27-12-9-23(10-13-27)25-11-14-28-26(21-25)22-39(31(28)41)29(24-7-5-4-6-8-24)30(40)36-32-35-15-20-44-32/h4-15,20-21,29H,16-19,22H2,1-3H3,(H,35,36,40). The van der Waals surface area contributed by atoms with E-state index in [1.165, 1.54) is 11.3 Å². The van der Waals surface area contributed by atoms with Crippen molar-refractivity contribution in [1.82, 2.24) is 14.8 Å². The van der Waals surface area contributed by atoms with Crippen LogP contribution >= 0.6 is 11.3 Å². The summed E-state index contributed by atoms with van der Waals surface area (Å²) in [6.07, 6.45) is 1.37. The summed E-state index contributed by atoms with van der Waals surface area (Å²) in [4.78, 5) is 49.4. The van der Waals surface area contributed by atoms with E-state index in [9.17, 15) is 14.4 Å². The first-order valence-electron chi connectivity index (χ1n) is 14.7. The number of aromatic nitrogens is 1. The first-order chi connectivity index (χ1) is 21.2. The summed E-state index contributed by atoms with van der Waals surface area (Å²) < 4.78 is 5.52. The van der Waals surface area contributed by atoms with Crippen molar-refractivity contribution >= 4 is 40.1 Å². The van der Waals surface area contributed by atoms with Gasteiger partial charge < -0.3 is 19.4 Å². The Morgan fingerprint density at radius 2 is 1.64 bits per heavy atom. The summed E-state index contributed by atoms with van der Waals surface area (Å²) in [6, 6.07) is 22.8. The number of anilines is 2. The number of hydrogen-bond donors (Lipinski definition) is 1. The number of fused-ring (bicyclic) bond motifs is 1. The van der Waals surface area contributed by atoms with E-state index in [0.29, 0.717) is 30.3 Å². The molecule has 0 aliphatic carbocycles. The molecule has 0 saturated carbocycles. The molecular weight excluding hydrogens is 574 g/mol. The Bertz CT molecular complexity index is 1640. The van der Waals surface area contributed by atoms with Gasteiger partial charge in [-0.15, -0.1) is 11.3 Å². The molecule has 1 atom stereocenters. The molecule has 0 bridgehead atoms. The van der Waals surface area contributed by atoms with Gasteiger partial charge in [0.05, 0.1) is 0 Å². The fourth-order valence-electron chi connectivity index (χ4n) is 5.64. The van der Waals surface area contributed by atoms with Crippen LogP contribution in [0, 0.1) is 0 Å². The van der Waals surface area contributed by atoms with Gasteiger partial charge >= 0.3 is 6.09 Å². The van der Waals surface area contributed by atoms with Crippen molar-refractivity contribution in [2.45, 2.75) is 39.0 Å². The molecule has 3 heterocycles. The topological polar surface area (TPSA) is 95.1 Å². The SMILES string of the molecule is CC(C)(C)OC(=O)N1CCN(c2ccc(-c3ccc4c(c3)CN(C(C(=O)Nc3nccs3)c3ccccc3)C4=O)cc2)CC1. The second-order valence-electron chi connectivity index (χ2n) is 11.9. The Morgan fingerprint density at radius 1 is 0.932 bits per heavy atom. The highest BCUT2D eigenvalue weighted by Crippen LogP contribution is 2.35. The summed E-state index contributed by atoms with van der Waals surface area (Å²) in [5, 5.41) is 5.17. The number of hydrogen-bond acceptors (Lipinski definition) is 7. The van der Waals surface area contributed by atoms with Gasteiger partial charge in [-0.3, -0.25) is 14.9 Å². The van der Waals surface area contributed by atoms with Crippen molar-refractivity contribution < 1.29 is 19.1 Å². The number of piperazine rings is 1. The number of carbonyl (C=O) groups is 3. The van der Waals surface area contributed by atoms with Crippen molar-refractivity contribution in [2.24, 2.45) is 0 Å². The van der Waals surface area contributed by atoms with Crippen LogP contribution in [-0.2, 0) is 16.1 Å². The van der Waals surface area contributed by atoms with Gasteiger partial charge in [0.1, 0.15) is 11.6 Å². The molecule has 44 heavy (non-hydrogen) atoms. The van der Waals surface area contributed by atoms with Gasteiger partial charge in [0, 0.05) is 55.6 Å². The van der Waals surface area contributed by atoms with Gasteiger partial charge in [0.25, 0.3) is 11.8 Å². The summed E-state index contributed by atoms with van der Waals surface area (Å²) >= 11 is 1.34. The van der Waals surface area contributed by atoms with Crippen molar-refractivity contribution in [2.75, 3.05) is 36.4 Å². The Labute approximate surface area is 261 Å². The second kappa shape index (κ2) is 12.1. The van der Waals surface area contributed by atoms with Crippen LogP contribution in [0.3, 0.4) is 0 Å². The number of nitrogens with zero attached hydrogens (tertiary/aromatic N) is 4. The minimum atomic E-state index is -0.793. The van der Waals surface area contributed by atoms with Crippen molar-refractivity contribution in [3.63, 3.8) is 0 Å². The van der Waals surface area contributed by atoms with E-state index in [4.69, 9.17) is 4.74 Å². The summed E-state index contributed by atoms with van der Waals surface area (Å²) in [5.74, 6) is -0.467. The minimum Gasteiger partial charge on any atom is -0.444 e. The Morgan fingerprint density at radius 3 is 2.30 bits per heavy atom. The summed E-state index contributed by atoms with van der Waals surface area (Å²) in [5.41, 5.74) is 4.86. The van der Waals surface area contributed by atoms with Crippen LogP contribution in [0.25, 0.3) is 11.1 Å². The van der Waals surface area contributed by atoms with Crippen LogP contribution in [0.5, 0.6) is 0 Å². The lowest BCUT2D eigenvalue weighted by atomic mass is 10.00. The Hall–Kier alpha value is -4.70. The lowest BCUT2D eigenvalue weighted by Crippen LogP contribution is -2.50. The van der Waals surface area contributed by atoms with Crippen LogP contribution in [-0.4, -0.2) is 64.5 Å². The smallest absolute Gasteiger partial charge is 0.410 e. The lowest BCUT2D eigenvalue weighted by molar-refractivity contribution is -0.120. The lowest BCUT2D eigenvalue weighted by Gasteiger charge is -2.36. The molecule has 10 heteroatoms. The maximum absolute atomic E-state index is 13.6. The summed E-state index contributed by atoms with van der Waals surface area (Å²) in [6.45, 7) is 8.64. The normalized spacial score (nSPS) is 15.6. The molecule has 4 aromatic rings. The second-order valence-corrected chi connectivity index (χ2v) is 12.8. The van der Waals surface area contributed by atoms with Crippen LogP contribution in [0.4, 0.5) is 15.6 Å². The van der Waals surface area contributed by atoms with Crippen LogP contribution in [0.2, 0.25) is 0 Å². The quantitative estimate of drug-likeness (QED) is 0.280. The third kappa shape index (κ3) is 6.30. The number of nitrogens with one attached hydrogen (secondary N) is 1. The van der Waals surface area contributed by atoms with E-state index < -0.39 is 11.6 Å². The molecule has 226 valence electrons. The maximum Gasteiger partial charge on any atom is 0.410 e. The summed E-state index contributed by atoms with van der Waals surface area (Å²) in [7, 11) is 0. The number of carbonyl (C=O) groups excluding carboxylic acids is 3. The molecule has 9 nitrogen and oxygen atoms in total. The molecule has 1 aromatic heterocycles. The predicted octanol–water partition coefficient (Wildman–Crippen LogP) is 6.20. The average Bonchev–Trinajstić information content (AvgIpc) is 3.64. The Kier molecular flexibility index (Phi) is 8.09. The third-order valence-electron chi connectivity index (χ3n) is 7.77. The zero-order chi connectivity index (χ0) is 30.8. The van der Waals surface area contributed by atoms with Gasteiger partial charge in [-0.05, 0) is 67.3 Å². The highest BCUT2D eigenvalue weighted by molar-refractivity contribution is 7.13. The zero-order valence-corrected chi connectivity index (χ0v) is 25.8. The largest absolute Gasteiger partial charge is 0.444 e. The fourth-order valence-corrected chi connectivity index (χ4v) is 6.17. The van der Waals surface area contributed by atoms with Crippen molar-refractivity contribution in [1.29, 1.82) is 0 Å². The van der Waals surface area contributed by atoms with E-state index >= 15 is 0 Å². The first-order valence-corrected chi connectivity index (χ1v) is 15.6. The predicted molar refractivity (Wildman–Crippen MR) is 172 cm³/mol. The van der Waals surface area contributed by atoms with E-state index in [-0.39, 0.29) is 17.9 Å². The molecule has 1 unspecified atom stereocenters. The molecule has 3 aromatic carbocycles. The highest BCUT2D eigenvalue weighted by Gasteiger charge is 2.38. The molecule has 3 amide bonds. The average molecular weight is 610 g/mol. The van der Waals surface area contributed by atoms with Crippen molar-refractivity contribution in [3.05, 3.63) is 101 Å². The van der Waals surface area contributed by atoms with Gasteiger partial charge in [0.15, 0.2) is 5.13 Å². The Balaban J connectivity index is 1.15. The van der Waals surface area contributed by atoms with E-state index in [1.54, 1.807) is 21.4 Å². The number of thiazole rings is 1. The molecule has 1 fully saturated rings. The minimum absolute atomic E-state index is 0.171. The molecule has 2 aliphatic rings. The number of rotatable bonds is 6. The highest BCUT2D eigenvalue weighted by atomic mass is 32.1. The number of ether oxygens (including phenoxy) is 1. The molecule has 1 saturated heterocycles. The third-order valence-corrected chi connectivity index (χ3v) is 8.46. The molecule has 2 aliphatic heterocycles. The van der Waals surface area contributed by atoms with Gasteiger partial charge in [-0.25, -0.2) is 9.78 Å². The first kappa shape index (κ1) is 29.4. The van der Waals surface area contributed by atoms with Gasteiger partial charge in [-0.2, -0.15) is 0 Å². The fraction of sp³-hybridized carbons (Fsp3) is 0.294. The number of benzene rings is 3. The van der Waals surface area contributed by atoms with Crippen molar-refractivity contribution in [3.8, 4) is 11.1 Å². The maximum atomic E-state index is 13.6.